The lowest BCUT2D eigenvalue weighted by Gasteiger charge is -2.23. The van der Waals surface area contributed by atoms with Crippen molar-refractivity contribution in [2.75, 3.05) is 13.1 Å². The molecule has 0 spiro atoms. The maximum atomic E-state index is 12.5. The summed E-state index contributed by atoms with van der Waals surface area (Å²) < 4.78 is 25.4. The average molecular weight is 337 g/mol. The number of pyridine rings is 1. The molecule has 0 radical (unpaired) electrons. The molecule has 19 heavy (non-hydrogen) atoms. The lowest BCUT2D eigenvalue weighted by molar-refractivity contribution is 0.0415. The third-order valence-corrected chi connectivity index (χ3v) is 2.96. The molecule has 0 aromatic carbocycles. The van der Waals surface area contributed by atoms with E-state index in [-0.39, 0.29) is 12.2 Å². The van der Waals surface area contributed by atoms with Crippen molar-refractivity contribution in [3.8, 4) is 0 Å². The summed E-state index contributed by atoms with van der Waals surface area (Å²) >= 11 is 3.17. The largest absolute Gasteiger partial charge is 0.392 e. The van der Waals surface area contributed by atoms with Gasteiger partial charge < -0.3 is 10.0 Å². The van der Waals surface area contributed by atoms with Gasteiger partial charge in [-0.2, -0.15) is 0 Å². The van der Waals surface area contributed by atoms with Gasteiger partial charge in [0.15, 0.2) is 0 Å². The van der Waals surface area contributed by atoms with E-state index in [4.69, 9.17) is 0 Å². The fraction of sp³-hybridized carbons (Fsp3) is 0.500. The molecule has 0 saturated carbocycles. The second kappa shape index (κ2) is 6.91. The van der Waals surface area contributed by atoms with Gasteiger partial charge in [-0.05, 0) is 41.9 Å². The molecule has 1 aromatic heterocycles. The summed E-state index contributed by atoms with van der Waals surface area (Å²) in [6.07, 6.45) is -3.54. The van der Waals surface area contributed by atoms with Crippen LogP contribution < -0.4 is 0 Å². The Morgan fingerprint density at radius 1 is 1.47 bits per heavy atom. The second-order valence-electron chi connectivity index (χ2n) is 4.23. The van der Waals surface area contributed by atoms with E-state index in [1.165, 1.54) is 6.92 Å². The molecule has 1 atom stereocenters. The van der Waals surface area contributed by atoms with Crippen LogP contribution in [-0.4, -0.2) is 46.5 Å². The molecule has 1 aromatic rings. The van der Waals surface area contributed by atoms with E-state index in [1.807, 2.05) is 0 Å². The summed E-state index contributed by atoms with van der Waals surface area (Å²) in [5.74, 6) is -0.628. The van der Waals surface area contributed by atoms with Crippen LogP contribution in [0.4, 0.5) is 8.78 Å². The summed E-state index contributed by atoms with van der Waals surface area (Å²) in [7, 11) is 0. The van der Waals surface area contributed by atoms with E-state index in [9.17, 15) is 18.7 Å². The van der Waals surface area contributed by atoms with Gasteiger partial charge in [-0.1, -0.05) is 0 Å². The topological polar surface area (TPSA) is 53.4 Å². The molecule has 0 fully saturated rings. The number of nitrogens with zero attached hydrogens (tertiary/aromatic N) is 2. The lowest BCUT2D eigenvalue weighted by atomic mass is 10.2. The summed E-state index contributed by atoms with van der Waals surface area (Å²) in [5, 5.41) is 9.28. The number of alkyl halides is 2. The van der Waals surface area contributed by atoms with Crippen LogP contribution in [-0.2, 0) is 0 Å². The van der Waals surface area contributed by atoms with Crippen molar-refractivity contribution >= 4 is 21.8 Å². The normalized spacial score (nSPS) is 12.6. The van der Waals surface area contributed by atoms with Crippen LogP contribution >= 0.6 is 15.9 Å². The Morgan fingerprint density at radius 3 is 2.63 bits per heavy atom. The van der Waals surface area contributed by atoms with Gasteiger partial charge >= 0.3 is 0 Å². The highest BCUT2D eigenvalue weighted by Gasteiger charge is 2.24. The Balaban J connectivity index is 3.00. The van der Waals surface area contributed by atoms with Gasteiger partial charge in [-0.3, -0.25) is 4.79 Å². The van der Waals surface area contributed by atoms with Crippen LogP contribution in [0.3, 0.4) is 0 Å². The molecule has 106 valence electrons. The van der Waals surface area contributed by atoms with Crippen molar-refractivity contribution in [2.24, 2.45) is 0 Å². The van der Waals surface area contributed by atoms with E-state index >= 15 is 0 Å². The van der Waals surface area contributed by atoms with Crippen LogP contribution in [0.5, 0.6) is 0 Å². The van der Waals surface area contributed by atoms with Gasteiger partial charge in [0.2, 0.25) is 0 Å². The standard InChI is InChI=1S/C12H15BrF2N2O2/c1-7-3-4-9(13)11(16-7)12(19)17(5-8(2)18)6-10(14)15/h3-4,8,10,18H,5-6H2,1-2H3. The fourth-order valence-electron chi connectivity index (χ4n) is 1.57. The molecule has 1 rings (SSSR count). The molecule has 7 heteroatoms. The zero-order valence-corrected chi connectivity index (χ0v) is 12.2. The van der Waals surface area contributed by atoms with E-state index in [1.54, 1.807) is 19.1 Å². The smallest absolute Gasteiger partial charge is 0.273 e. The van der Waals surface area contributed by atoms with Crippen molar-refractivity contribution in [1.29, 1.82) is 0 Å². The predicted molar refractivity (Wildman–Crippen MR) is 70.3 cm³/mol. The number of aromatic nitrogens is 1. The fourth-order valence-corrected chi connectivity index (χ4v) is 1.96. The van der Waals surface area contributed by atoms with Crippen LogP contribution in [0.1, 0.15) is 23.1 Å². The summed E-state index contributed by atoms with van der Waals surface area (Å²) in [6, 6.07) is 3.34. The number of aliphatic hydroxyl groups is 1. The number of halogens is 3. The molecule has 1 amide bonds. The van der Waals surface area contributed by atoms with E-state index in [2.05, 4.69) is 20.9 Å². The first-order valence-electron chi connectivity index (χ1n) is 5.70. The molecule has 1 unspecified atom stereocenters. The van der Waals surface area contributed by atoms with Crippen LogP contribution in [0.15, 0.2) is 16.6 Å². The summed E-state index contributed by atoms with van der Waals surface area (Å²) in [5.41, 5.74) is 0.682. The van der Waals surface area contributed by atoms with Gasteiger partial charge in [0, 0.05) is 16.7 Å². The summed E-state index contributed by atoms with van der Waals surface area (Å²) in [4.78, 5) is 17.1. The van der Waals surface area contributed by atoms with E-state index in [0.717, 1.165) is 4.90 Å². The highest BCUT2D eigenvalue weighted by Crippen LogP contribution is 2.17. The minimum absolute atomic E-state index is 0.0706. The highest BCUT2D eigenvalue weighted by molar-refractivity contribution is 9.10. The number of aliphatic hydroxyl groups excluding tert-OH is 1. The number of hydrogen-bond acceptors (Lipinski definition) is 3. The van der Waals surface area contributed by atoms with Crippen molar-refractivity contribution < 1.29 is 18.7 Å². The number of rotatable bonds is 5. The zero-order valence-electron chi connectivity index (χ0n) is 10.6. The monoisotopic (exact) mass is 336 g/mol. The quantitative estimate of drug-likeness (QED) is 0.897. The lowest BCUT2D eigenvalue weighted by Crippen LogP contribution is -2.40. The SMILES string of the molecule is Cc1ccc(Br)c(C(=O)N(CC(C)O)CC(F)F)n1. The third kappa shape index (κ3) is 4.83. The van der Waals surface area contributed by atoms with Crippen LogP contribution in [0, 0.1) is 6.92 Å². The molecule has 1 heterocycles. The Morgan fingerprint density at radius 2 is 2.11 bits per heavy atom. The first-order chi connectivity index (χ1) is 8.81. The third-order valence-electron chi connectivity index (χ3n) is 2.32. The number of hydrogen-bond donors (Lipinski definition) is 1. The van der Waals surface area contributed by atoms with Crippen molar-refractivity contribution in [2.45, 2.75) is 26.4 Å². The average Bonchev–Trinajstić information content (AvgIpc) is 2.29. The molecule has 0 saturated heterocycles. The maximum absolute atomic E-state index is 12.5. The number of carbonyl (C=O) groups is 1. The molecule has 0 bridgehead atoms. The second-order valence-corrected chi connectivity index (χ2v) is 5.09. The van der Waals surface area contributed by atoms with Crippen LogP contribution in [0.25, 0.3) is 0 Å². The molecule has 0 aliphatic heterocycles. The van der Waals surface area contributed by atoms with E-state index in [0.29, 0.717) is 10.2 Å². The molecular weight excluding hydrogens is 322 g/mol. The predicted octanol–water partition coefficient (Wildman–Crippen LogP) is 2.24. The first kappa shape index (κ1) is 16.0. The van der Waals surface area contributed by atoms with Crippen molar-refractivity contribution in [1.82, 2.24) is 9.88 Å². The van der Waals surface area contributed by atoms with Crippen LogP contribution in [0.2, 0.25) is 0 Å². The highest BCUT2D eigenvalue weighted by atomic mass is 79.9. The van der Waals surface area contributed by atoms with Gasteiger partial charge in [0.25, 0.3) is 12.3 Å². The number of carbonyl (C=O) groups excluding carboxylic acids is 1. The first-order valence-corrected chi connectivity index (χ1v) is 6.49. The molecule has 1 N–H and O–H groups in total. The Hall–Kier alpha value is -1.08. The molecule has 4 nitrogen and oxygen atoms in total. The van der Waals surface area contributed by atoms with Crippen molar-refractivity contribution in [3.63, 3.8) is 0 Å². The maximum Gasteiger partial charge on any atom is 0.273 e. The Labute approximate surface area is 118 Å². The molecule has 0 aliphatic carbocycles. The van der Waals surface area contributed by atoms with Gasteiger partial charge in [0.05, 0.1) is 12.6 Å². The van der Waals surface area contributed by atoms with E-state index < -0.39 is 25.0 Å². The molecule has 0 aliphatic rings. The van der Waals surface area contributed by atoms with Gasteiger partial charge in [-0.25, -0.2) is 13.8 Å². The minimum atomic E-state index is -2.66. The molecular formula is C12H15BrF2N2O2. The van der Waals surface area contributed by atoms with Crippen molar-refractivity contribution in [3.05, 3.63) is 28.0 Å². The minimum Gasteiger partial charge on any atom is -0.392 e. The zero-order chi connectivity index (χ0) is 14.6. The number of aryl methyl sites for hydroxylation is 1. The summed E-state index contributed by atoms with van der Waals surface area (Å²) in [6.45, 7) is 2.25. The Kier molecular flexibility index (Phi) is 5.81. The van der Waals surface area contributed by atoms with Gasteiger partial charge in [0.1, 0.15) is 5.69 Å². The Bertz CT molecular complexity index is 445. The van der Waals surface area contributed by atoms with Gasteiger partial charge in [-0.15, -0.1) is 0 Å². The number of amides is 1.